The second-order valence-corrected chi connectivity index (χ2v) is 7.69. The zero-order chi connectivity index (χ0) is 18.8. The molecule has 1 amide bonds. The van der Waals surface area contributed by atoms with Crippen LogP contribution >= 0.6 is 23.4 Å². The number of para-hydroxylation sites is 2. The minimum atomic E-state index is -0.516. The van der Waals surface area contributed by atoms with Gasteiger partial charge in [-0.3, -0.25) is 9.59 Å². The first-order chi connectivity index (χ1) is 13.1. The Labute approximate surface area is 165 Å². The molecule has 1 N–H and O–H groups in total. The summed E-state index contributed by atoms with van der Waals surface area (Å²) in [5.74, 6) is -0.646. The number of nitrogens with one attached hydrogen (secondary N) is 1. The lowest BCUT2D eigenvalue weighted by Gasteiger charge is -2.23. The van der Waals surface area contributed by atoms with Crippen LogP contribution in [-0.4, -0.2) is 22.1 Å². The SMILES string of the molecule is O=C(CC1Sc2ccccc2NC1=O)OCc1cc2ccccc2nc1Cl. The second-order valence-electron chi connectivity index (χ2n) is 6.09. The average molecular weight is 399 g/mol. The van der Waals surface area contributed by atoms with Crippen LogP contribution in [0.1, 0.15) is 12.0 Å². The maximum atomic E-state index is 12.2. The van der Waals surface area contributed by atoms with E-state index in [1.54, 1.807) is 0 Å². The molecule has 0 saturated heterocycles. The molecular weight excluding hydrogens is 384 g/mol. The average Bonchev–Trinajstić information content (AvgIpc) is 2.67. The number of carbonyl (C=O) groups excluding carboxylic acids is 2. The highest BCUT2D eigenvalue weighted by atomic mass is 35.5. The number of fused-ring (bicyclic) bond motifs is 2. The second kappa shape index (κ2) is 7.58. The fraction of sp³-hybridized carbons (Fsp3) is 0.150. The molecule has 7 heteroatoms. The third-order valence-corrected chi connectivity index (χ3v) is 5.80. The number of amides is 1. The van der Waals surface area contributed by atoms with Crippen LogP contribution in [0.2, 0.25) is 5.15 Å². The summed E-state index contributed by atoms with van der Waals surface area (Å²) in [5, 5.41) is 3.53. The Morgan fingerprint density at radius 1 is 1.19 bits per heavy atom. The van der Waals surface area contributed by atoms with Crippen molar-refractivity contribution in [2.45, 2.75) is 23.2 Å². The number of aromatic nitrogens is 1. The van der Waals surface area contributed by atoms with E-state index < -0.39 is 11.2 Å². The van der Waals surface area contributed by atoms with Crippen LogP contribution in [-0.2, 0) is 20.9 Å². The molecular formula is C20H15ClN2O3S. The van der Waals surface area contributed by atoms with Crippen molar-refractivity contribution < 1.29 is 14.3 Å². The van der Waals surface area contributed by atoms with Crippen LogP contribution in [0.25, 0.3) is 10.9 Å². The smallest absolute Gasteiger partial charge is 0.307 e. The first kappa shape index (κ1) is 17.8. The van der Waals surface area contributed by atoms with Crippen LogP contribution in [0.5, 0.6) is 0 Å². The van der Waals surface area contributed by atoms with Crippen molar-refractivity contribution in [1.82, 2.24) is 4.98 Å². The Morgan fingerprint density at radius 2 is 1.96 bits per heavy atom. The van der Waals surface area contributed by atoms with Gasteiger partial charge in [0.25, 0.3) is 0 Å². The summed E-state index contributed by atoms with van der Waals surface area (Å²) < 4.78 is 5.34. The van der Waals surface area contributed by atoms with E-state index in [0.29, 0.717) is 10.7 Å². The number of anilines is 1. The van der Waals surface area contributed by atoms with Crippen LogP contribution in [0.15, 0.2) is 59.5 Å². The summed E-state index contributed by atoms with van der Waals surface area (Å²) in [6.07, 6.45) is -0.0105. The van der Waals surface area contributed by atoms with E-state index in [4.69, 9.17) is 16.3 Å². The molecule has 0 spiro atoms. The zero-order valence-electron chi connectivity index (χ0n) is 14.1. The minimum absolute atomic E-state index is 0.0105. The van der Waals surface area contributed by atoms with Crippen molar-refractivity contribution in [1.29, 1.82) is 0 Å². The molecule has 1 unspecified atom stereocenters. The monoisotopic (exact) mass is 398 g/mol. The molecule has 3 aromatic rings. The van der Waals surface area contributed by atoms with Gasteiger partial charge in [-0.15, -0.1) is 11.8 Å². The normalized spacial score (nSPS) is 15.9. The van der Waals surface area contributed by atoms with Crippen LogP contribution < -0.4 is 5.32 Å². The Balaban J connectivity index is 1.40. The molecule has 136 valence electrons. The Morgan fingerprint density at radius 3 is 2.85 bits per heavy atom. The van der Waals surface area contributed by atoms with Gasteiger partial charge in [-0.05, 0) is 24.3 Å². The molecule has 2 aromatic carbocycles. The molecule has 1 aromatic heterocycles. The number of thioether (sulfide) groups is 1. The van der Waals surface area contributed by atoms with Crippen molar-refractivity contribution in [2.24, 2.45) is 0 Å². The lowest BCUT2D eigenvalue weighted by molar-refractivity contribution is -0.145. The standard InChI is InChI=1S/C20H15ClN2O3S/c21-19-13(9-12-5-1-2-6-14(12)22-19)11-26-18(24)10-17-20(25)23-15-7-3-4-8-16(15)27-17/h1-9,17H,10-11H2,(H,23,25). The summed E-state index contributed by atoms with van der Waals surface area (Å²) in [5.41, 5.74) is 2.19. The molecule has 0 radical (unpaired) electrons. The summed E-state index contributed by atoms with van der Waals surface area (Å²) in [7, 11) is 0. The highest BCUT2D eigenvalue weighted by Gasteiger charge is 2.29. The van der Waals surface area contributed by atoms with E-state index in [1.807, 2.05) is 54.6 Å². The molecule has 0 aliphatic carbocycles. The molecule has 5 nitrogen and oxygen atoms in total. The lowest BCUT2D eigenvalue weighted by Crippen LogP contribution is -2.31. The van der Waals surface area contributed by atoms with Crippen LogP contribution in [0.3, 0.4) is 0 Å². The van der Waals surface area contributed by atoms with Gasteiger partial charge in [0.2, 0.25) is 5.91 Å². The topological polar surface area (TPSA) is 68.3 Å². The first-order valence-electron chi connectivity index (χ1n) is 8.36. The van der Waals surface area contributed by atoms with Gasteiger partial charge in [-0.1, -0.05) is 41.9 Å². The maximum absolute atomic E-state index is 12.2. The van der Waals surface area contributed by atoms with Gasteiger partial charge >= 0.3 is 5.97 Å². The van der Waals surface area contributed by atoms with Gasteiger partial charge in [0.05, 0.1) is 22.9 Å². The number of rotatable bonds is 4. The minimum Gasteiger partial charge on any atom is -0.461 e. The maximum Gasteiger partial charge on any atom is 0.307 e. The molecule has 4 rings (SSSR count). The van der Waals surface area contributed by atoms with Gasteiger partial charge in [-0.25, -0.2) is 4.98 Å². The van der Waals surface area contributed by atoms with Gasteiger partial charge in [0, 0.05) is 15.8 Å². The molecule has 2 heterocycles. The van der Waals surface area contributed by atoms with E-state index in [1.165, 1.54) is 11.8 Å². The largest absolute Gasteiger partial charge is 0.461 e. The molecule has 0 saturated carbocycles. The number of hydrogen-bond acceptors (Lipinski definition) is 5. The van der Waals surface area contributed by atoms with Crippen molar-refractivity contribution in [3.05, 3.63) is 65.3 Å². The number of halogens is 1. The van der Waals surface area contributed by atoms with Crippen molar-refractivity contribution >= 4 is 51.8 Å². The summed E-state index contributed by atoms with van der Waals surface area (Å²) in [6, 6.07) is 16.9. The van der Waals surface area contributed by atoms with Crippen LogP contribution in [0.4, 0.5) is 5.69 Å². The molecule has 0 bridgehead atoms. The van der Waals surface area contributed by atoms with Gasteiger partial charge < -0.3 is 10.1 Å². The quantitative estimate of drug-likeness (QED) is 0.520. The predicted octanol–water partition coefficient (Wildman–Crippen LogP) is 4.43. The van der Waals surface area contributed by atoms with Crippen molar-refractivity contribution in [2.75, 3.05) is 5.32 Å². The van der Waals surface area contributed by atoms with E-state index in [2.05, 4.69) is 10.3 Å². The molecule has 1 aliphatic rings. The van der Waals surface area contributed by atoms with E-state index in [9.17, 15) is 9.59 Å². The van der Waals surface area contributed by atoms with E-state index in [0.717, 1.165) is 21.5 Å². The highest BCUT2D eigenvalue weighted by molar-refractivity contribution is 8.01. The van der Waals surface area contributed by atoms with Crippen LogP contribution in [0, 0.1) is 0 Å². The van der Waals surface area contributed by atoms with Gasteiger partial charge in [-0.2, -0.15) is 0 Å². The Hall–Kier alpha value is -2.57. The fourth-order valence-corrected chi connectivity index (χ4v) is 4.13. The Bertz CT molecular complexity index is 1040. The van der Waals surface area contributed by atoms with E-state index in [-0.39, 0.29) is 18.9 Å². The summed E-state index contributed by atoms with van der Waals surface area (Å²) in [4.78, 5) is 29.7. The number of esters is 1. The number of ether oxygens (including phenoxy) is 1. The lowest BCUT2D eigenvalue weighted by atomic mass is 10.2. The number of pyridine rings is 1. The van der Waals surface area contributed by atoms with Crippen molar-refractivity contribution in [3.8, 4) is 0 Å². The molecule has 27 heavy (non-hydrogen) atoms. The zero-order valence-corrected chi connectivity index (χ0v) is 15.7. The van der Waals surface area contributed by atoms with E-state index >= 15 is 0 Å². The van der Waals surface area contributed by atoms with Gasteiger partial charge in [0.1, 0.15) is 11.8 Å². The fourth-order valence-electron chi connectivity index (χ4n) is 2.83. The number of benzene rings is 2. The number of carbonyl (C=O) groups is 2. The first-order valence-corrected chi connectivity index (χ1v) is 9.62. The summed E-state index contributed by atoms with van der Waals surface area (Å²) >= 11 is 7.56. The summed E-state index contributed by atoms with van der Waals surface area (Å²) in [6.45, 7) is 0.0189. The van der Waals surface area contributed by atoms with Gasteiger partial charge in [0.15, 0.2) is 0 Å². The molecule has 1 atom stereocenters. The third-order valence-electron chi connectivity index (χ3n) is 4.20. The molecule has 1 aliphatic heterocycles. The Kier molecular flexibility index (Phi) is 5.01. The highest BCUT2D eigenvalue weighted by Crippen LogP contribution is 2.36. The third kappa shape index (κ3) is 3.91. The predicted molar refractivity (Wildman–Crippen MR) is 106 cm³/mol. The number of nitrogens with zero attached hydrogens (tertiary/aromatic N) is 1. The molecule has 0 fully saturated rings. The number of hydrogen-bond donors (Lipinski definition) is 1. The van der Waals surface area contributed by atoms with Crippen molar-refractivity contribution in [3.63, 3.8) is 0 Å².